The number of rotatable bonds is 8. The van der Waals surface area contributed by atoms with Crippen molar-refractivity contribution in [1.82, 2.24) is 5.32 Å². The Kier molecular flexibility index (Phi) is 6.67. The average Bonchev–Trinajstić information content (AvgIpc) is 2.99. The summed E-state index contributed by atoms with van der Waals surface area (Å²) < 4.78 is 10.7. The smallest absolute Gasteiger partial charge is 0.123 e. The minimum atomic E-state index is -0.496. The third kappa shape index (κ3) is 5.41. The van der Waals surface area contributed by atoms with Gasteiger partial charge >= 0.3 is 0 Å². The van der Waals surface area contributed by atoms with E-state index in [-0.39, 0.29) is 0 Å². The van der Waals surface area contributed by atoms with E-state index in [1.165, 1.54) is 19.3 Å². The van der Waals surface area contributed by atoms with Crippen molar-refractivity contribution in [3.8, 4) is 11.5 Å². The summed E-state index contributed by atoms with van der Waals surface area (Å²) >= 11 is 1.94. The average molecular weight is 311 g/mol. The lowest BCUT2D eigenvalue weighted by molar-refractivity contribution is 0.103. The summed E-state index contributed by atoms with van der Waals surface area (Å²) in [5, 5.41) is 14.2. The van der Waals surface area contributed by atoms with Gasteiger partial charge in [0, 0.05) is 23.9 Å². The van der Waals surface area contributed by atoms with E-state index in [0.29, 0.717) is 19.2 Å². The summed E-state index contributed by atoms with van der Waals surface area (Å²) in [6.45, 7) is 0.870. The zero-order valence-corrected chi connectivity index (χ0v) is 13.6. The normalized spacial score (nSPS) is 23.0. The number of hydrogen-bond donors (Lipinski definition) is 2. The molecule has 1 aromatic carbocycles. The predicted octanol–water partition coefficient (Wildman–Crippen LogP) is 2.31. The Morgan fingerprint density at radius 3 is 2.90 bits per heavy atom. The second kappa shape index (κ2) is 8.51. The number of aliphatic hydroxyl groups is 1. The molecule has 21 heavy (non-hydrogen) atoms. The van der Waals surface area contributed by atoms with Crippen LogP contribution < -0.4 is 14.8 Å². The van der Waals surface area contributed by atoms with Gasteiger partial charge in [0.1, 0.15) is 24.2 Å². The highest BCUT2D eigenvalue weighted by atomic mass is 32.2. The second-order valence-corrected chi connectivity index (χ2v) is 6.56. The van der Waals surface area contributed by atoms with Crippen molar-refractivity contribution in [2.24, 2.45) is 0 Å². The van der Waals surface area contributed by atoms with Crippen molar-refractivity contribution in [3.63, 3.8) is 0 Å². The fourth-order valence-corrected chi connectivity index (χ4v) is 3.38. The fourth-order valence-electron chi connectivity index (χ4n) is 2.58. The molecule has 0 amide bonds. The van der Waals surface area contributed by atoms with Crippen LogP contribution in [0.3, 0.4) is 0 Å². The molecule has 3 atom stereocenters. The van der Waals surface area contributed by atoms with Gasteiger partial charge in [-0.05, 0) is 37.7 Å². The van der Waals surface area contributed by atoms with Crippen LogP contribution in [0.15, 0.2) is 24.3 Å². The highest BCUT2D eigenvalue weighted by molar-refractivity contribution is 7.99. The molecule has 0 saturated heterocycles. The maximum Gasteiger partial charge on any atom is 0.123 e. The molecule has 2 N–H and O–H groups in total. The Bertz CT molecular complexity index is 430. The highest BCUT2D eigenvalue weighted by Gasteiger charge is 2.23. The summed E-state index contributed by atoms with van der Waals surface area (Å²) in [7, 11) is 1.63. The molecule has 118 valence electrons. The molecule has 4 nitrogen and oxygen atoms in total. The lowest BCUT2D eigenvalue weighted by Gasteiger charge is -2.17. The van der Waals surface area contributed by atoms with Crippen molar-refractivity contribution >= 4 is 11.8 Å². The van der Waals surface area contributed by atoms with Gasteiger partial charge in [0.25, 0.3) is 0 Å². The van der Waals surface area contributed by atoms with Crippen LogP contribution in [0.2, 0.25) is 0 Å². The van der Waals surface area contributed by atoms with Gasteiger partial charge in [-0.2, -0.15) is 11.8 Å². The van der Waals surface area contributed by atoms with E-state index in [1.807, 2.05) is 36.0 Å². The number of thioether (sulfide) groups is 1. The Morgan fingerprint density at radius 1 is 1.38 bits per heavy atom. The van der Waals surface area contributed by atoms with Crippen molar-refractivity contribution in [3.05, 3.63) is 24.3 Å². The van der Waals surface area contributed by atoms with Crippen molar-refractivity contribution in [2.45, 2.75) is 36.7 Å². The molecule has 0 aliphatic heterocycles. The van der Waals surface area contributed by atoms with Crippen LogP contribution in [0, 0.1) is 0 Å². The summed E-state index contributed by atoms with van der Waals surface area (Å²) in [5.41, 5.74) is 0. The minimum Gasteiger partial charge on any atom is -0.497 e. The second-order valence-electron chi connectivity index (χ2n) is 5.42. The first kappa shape index (κ1) is 16.5. The lowest BCUT2D eigenvalue weighted by atomic mass is 10.2. The van der Waals surface area contributed by atoms with Gasteiger partial charge < -0.3 is 19.9 Å². The molecule has 3 unspecified atom stereocenters. The molecule has 1 fully saturated rings. The topological polar surface area (TPSA) is 50.7 Å². The first-order chi connectivity index (χ1) is 10.2. The summed E-state index contributed by atoms with van der Waals surface area (Å²) in [6, 6.07) is 7.96. The number of nitrogens with one attached hydrogen (secondary N) is 1. The Balaban J connectivity index is 1.66. The van der Waals surface area contributed by atoms with Gasteiger partial charge in [-0.15, -0.1) is 0 Å². The lowest BCUT2D eigenvalue weighted by Crippen LogP contribution is -2.37. The molecule has 5 heteroatoms. The van der Waals surface area contributed by atoms with Crippen LogP contribution in [-0.2, 0) is 0 Å². The number of aliphatic hydroxyl groups excluding tert-OH is 1. The van der Waals surface area contributed by atoms with Crippen LogP contribution in [0.1, 0.15) is 19.3 Å². The molecule has 0 radical (unpaired) electrons. The Labute approximate surface area is 131 Å². The molecular weight excluding hydrogens is 286 g/mol. The molecule has 0 spiro atoms. The van der Waals surface area contributed by atoms with Crippen LogP contribution >= 0.6 is 11.8 Å². The van der Waals surface area contributed by atoms with Crippen LogP contribution in [-0.4, -0.2) is 49.0 Å². The Morgan fingerprint density at radius 2 is 2.19 bits per heavy atom. The van der Waals surface area contributed by atoms with Gasteiger partial charge in [-0.3, -0.25) is 0 Å². The van der Waals surface area contributed by atoms with Gasteiger partial charge in [-0.25, -0.2) is 0 Å². The third-order valence-corrected chi connectivity index (χ3v) is 4.94. The number of ether oxygens (including phenoxy) is 2. The molecule has 0 heterocycles. The van der Waals surface area contributed by atoms with Crippen molar-refractivity contribution in [2.75, 3.05) is 26.5 Å². The summed E-state index contributed by atoms with van der Waals surface area (Å²) in [4.78, 5) is 0. The van der Waals surface area contributed by atoms with Crippen LogP contribution in [0.25, 0.3) is 0 Å². The van der Waals surface area contributed by atoms with Gasteiger partial charge in [0.05, 0.1) is 7.11 Å². The monoisotopic (exact) mass is 311 g/mol. The molecule has 1 aliphatic rings. The first-order valence-corrected chi connectivity index (χ1v) is 8.71. The molecule has 0 bridgehead atoms. The molecule has 1 aromatic rings. The van der Waals surface area contributed by atoms with E-state index in [9.17, 15) is 5.11 Å². The summed E-state index contributed by atoms with van der Waals surface area (Å²) in [5.74, 6) is 1.48. The van der Waals surface area contributed by atoms with E-state index in [2.05, 4.69) is 11.6 Å². The number of methoxy groups -OCH3 is 1. The maximum atomic E-state index is 10.00. The zero-order chi connectivity index (χ0) is 15.1. The minimum absolute atomic E-state index is 0.291. The van der Waals surface area contributed by atoms with Crippen molar-refractivity contribution < 1.29 is 14.6 Å². The number of benzene rings is 1. The predicted molar refractivity (Wildman–Crippen MR) is 87.4 cm³/mol. The molecule has 1 aliphatic carbocycles. The van der Waals surface area contributed by atoms with E-state index in [1.54, 1.807) is 7.11 Å². The SMILES string of the molecule is COc1cccc(OCC(O)CNC2CCC(SC)C2)c1. The summed E-state index contributed by atoms with van der Waals surface area (Å²) in [6.07, 6.45) is 5.35. The van der Waals surface area contributed by atoms with E-state index < -0.39 is 6.10 Å². The molecule has 2 rings (SSSR count). The highest BCUT2D eigenvalue weighted by Crippen LogP contribution is 2.28. The van der Waals surface area contributed by atoms with E-state index in [4.69, 9.17) is 9.47 Å². The third-order valence-electron chi connectivity index (χ3n) is 3.84. The largest absolute Gasteiger partial charge is 0.497 e. The molecular formula is C16H25NO3S. The zero-order valence-electron chi connectivity index (χ0n) is 12.7. The fraction of sp³-hybridized carbons (Fsp3) is 0.625. The van der Waals surface area contributed by atoms with Gasteiger partial charge in [0.15, 0.2) is 0 Å². The standard InChI is InChI=1S/C16H25NO3S/c1-19-14-4-3-5-15(9-14)20-11-13(18)10-17-12-6-7-16(8-12)21-2/h3-5,9,12-13,16-18H,6-8,10-11H2,1-2H3. The van der Waals surface area contributed by atoms with Gasteiger partial charge in [-0.1, -0.05) is 6.07 Å². The number of hydrogen-bond acceptors (Lipinski definition) is 5. The quantitative estimate of drug-likeness (QED) is 0.771. The first-order valence-electron chi connectivity index (χ1n) is 7.42. The maximum absolute atomic E-state index is 10.00. The van der Waals surface area contributed by atoms with E-state index >= 15 is 0 Å². The van der Waals surface area contributed by atoms with E-state index in [0.717, 1.165) is 16.7 Å². The molecule has 0 aromatic heterocycles. The Hall–Kier alpha value is -0.910. The van der Waals surface area contributed by atoms with Crippen molar-refractivity contribution in [1.29, 1.82) is 0 Å². The van der Waals surface area contributed by atoms with Crippen LogP contribution in [0.5, 0.6) is 11.5 Å². The van der Waals surface area contributed by atoms with Crippen LogP contribution in [0.4, 0.5) is 0 Å². The van der Waals surface area contributed by atoms with Gasteiger partial charge in [0.2, 0.25) is 0 Å². The molecule has 1 saturated carbocycles.